The summed E-state index contributed by atoms with van der Waals surface area (Å²) in [7, 11) is -4.07. The van der Waals surface area contributed by atoms with E-state index in [2.05, 4.69) is 9.71 Å². The van der Waals surface area contributed by atoms with Gasteiger partial charge in [-0.2, -0.15) is 4.72 Å². The van der Waals surface area contributed by atoms with E-state index in [1.54, 1.807) is 30.5 Å². The lowest BCUT2D eigenvalue weighted by Crippen LogP contribution is -2.44. The topological polar surface area (TPSA) is 118 Å². The predicted octanol–water partition coefficient (Wildman–Crippen LogP) is 5.74. The lowest BCUT2D eigenvalue weighted by atomic mass is 10.0. The molecule has 1 atom stereocenters. The van der Waals surface area contributed by atoms with Crippen molar-refractivity contribution in [3.63, 3.8) is 0 Å². The summed E-state index contributed by atoms with van der Waals surface area (Å²) in [5.74, 6) is -0.698. The van der Waals surface area contributed by atoms with Gasteiger partial charge >= 0.3 is 11.6 Å². The first-order chi connectivity index (χ1) is 20.3. The van der Waals surface area contributed by atoms with Crippen molar-refractivity contribution in [2.75, 3.05) is 0 Å². The van der Waals surface area contributed by atoms with Gasteiger partial charge in [-0.1, -0.05) is 66.2 Å². The molecule has 8 nitrogen and oxygen atoms in total. The van der Waals surface area contributed by atoms with E-state index in [0.29, 0.717) is 10.9 Å². The second-order valence-corrected chi connectivity index (χ2v) is 11.7. The average Bonchev–Trinajstić information content (AvgIpc) is 3.39. The van der Waals surface area contributed by atoms with Crippen LogP contribution in [0.15, 0.2) is 123 Å². The van der Waals surface area contributed by atoms with Crippen molar-refractivity contribution in [1.82, 2.24) is 9.71 Å². The van der Waals surface area contributed by atoms with Gasteiger partial charge in [-0.3, -0.25) is 0 Å². The molecule has 0 bridgehead atoms. The first-order valence-electron chi connectivity index (χ1n) is 13.3. The third kappa shape index (κ3) is 5.60. The standard InChI is InChI=1S/C33H26N2O6S/c1-21-11-14-25(15-12-21)42(38,39)35-30(17-23-20-34-29-10-6-5-9-26(23)29)33(37)40-24-13-16-27-28(22-7-3-2-4-8-22)19-32(36)41-31(27)18-24/h2-16,18-20,30,34-35H,17H2,1H3/t30-/m1/s1. The summed E-state index contributed by atoms with van der Waals surface area (Å²) in [6.45, 7) is 1.86. The first kappa shape index (κ1) is 27.2. The molecular formula is C33H26N2O6S. The third-order valence-corrected chi connectivity index (χ3v) is 8.52. The predicted molar refractivity (Wildman–Crippen MR) is 161 cm³/mol. The van der Waals surface area contributed by atoms with Crippen LogP contribution in [0.5, 0.6) is 5.75 Å². The summed E-state index contributed by atoms with van der Waals surface area (Å²) < 4.78 is 40.3. The van der Waals surface area contributed by atoms with Crippen LogP contribution in [0.3, 0.4) is 0 Å². The van der Waals surface area contributed by atoms with Gasteiger partial charge in [0.15, 0.2) is 0 Å². The Bertz CT molecular complexity index is 2080. The number of nitrogens with one attached hydrogen (secondary N) is 2. The Morgan fingerprint density at radius 2 is 1.64 bits per heavy atom. The molecular weight excluding hydrogens is 552 g/mol. The maximum absolute atomic E-state index is 13.6. The quantitative estimate of drug-likeness (QED) is 0.135. The first-order valence-corrected chi connectivity index (χ1v) is 14.7. The second kappa shape index (κ2) is 11.1. The summed E-state index contributed by atoms with van der Waals surface area (Å²) >= 11 is 0. The van der Waals surface area contributed by atoms with E-state index in [1.165, 1.54) is 24.3 Å². The smallest absolute Gasteiger partial charge is 0.336 e. The Morgan fingerprint density at radius 1 is 0.905 bits per heavy atom. The Kier molecular flexibility index (Phi) is 7.20. The van der Waals surface area contributed by atoms with Gasteiger partial charge in [0.05, 0.1) is 4.90 Å². The number of aromatic nitrogens is 1. The van der Waals surface area contributed by atoms with E-state index in [0.717, 1.165) is 27.6 Å². The molecule has 9 heteroatoms. The molecule has 0 radical (unpaired) electrons. The monoisotopic (exact) mass is 578 g/mol. The largest absolute Gasteiger partial charge is 0.425 e. The fourth-order valence-corrected chi connectivity index (χ4v) is 6.10. The lowest BCUT2D eigenvalue weighted by Gasteiger charge is -2.18. The summed E-state index contributed by atoms with van der Waals surface area (Å²) in [5, 5.41) is 1.53. The van der Waals surface area contributed by atoms with E-state index in [-0.39, 0.29) is 22.6 Å². The van der Waals surface area contributed by atoms with E-state index in [9.17, 15) is 18.0 Å². The highest BCUT2D eigenvalue weighted by Gasteiger charge is 2.29. The van der Waals surface area contributed by atoms with Crippen molar-refractivity contribution < 1.29 is 22.4 Å². The van der Waals surface area contributed by atoms with Crippen molar-refractivity contribution in [2.45, 2.75) is 24.3 Å². The number of H-pyrrole nitrogens is 1. The number of sulfonamides is 1. The molecule has 2 heterocycles. The number of esters is 1. The molecule has 0 aliphatic rings. The zero-order chi connectivity index (χ0) is 29.3. The van der Waals surface area contributed by atoms with Gasteiger partial charge in [-0.05, 0) is 53.9 Å². The van der Waals surface area contributed by atoms with Crippen molar-refractivity contribution in [1.29, 1.82) is 0 Å². The van der Waals surface area contributed by atoms with Gasteiger partial charge in [-0.15, -0.1) is 0 Å². The molecule has 6 rings (SSSR count). The molecule has 0 fully saturated rings. The molecule has 0 aliphatic heterocycles. The Morgan fingerprint density at radius 3 is 2.43 bits per heavy atom. The second-order valence-electron chi connectivity index (χ2n) is 9.97. The van der Waals surface area contributed by atoms with Crippen LogP contribution in [0.4, 0.5) is 0 Å². The molecule has 210 valence electrons. The van der Waals surface area contributed by atoms with Crippen molar-refractivity contribution in [2.24, 2.45) is 0 Å². The normalized spacial score (nSPS) is 12.4. The Hall–Kier alpha value is -4.99. The number of aromatic amines is 1. The molecule has 0 saturated carbocycles. The highest BCUT2D eigenvalue weighted by molar-refractivity contribution is 7.89. The fraction of sp³-hybridized carbons (Fsp3) is 0.0909. The number of ether oxygens (including phenoxy) is 1. The molecule has 0 aliphatic carbocycles. The number of para-hydroxylation sites is 1. The number of fused-ring (bicyclic) bond motifs is 2. The summed E-state index contributed by atoms with van der Waals surface area (Å²) in [4.78, 5) is 29.1. The highest BCUT2D eigenvalue weighted by atomic mass is 32.2. The maximum atomic E-state index is 13.6. The molecule has 4 aromatic carbocycles. The fourth-order valence-electron chi connectivity index (χ4n) is 4.92. The van der Waals surface area contributed by atoms with Gasteiger partial charge in [0.25, 0.3) is 0 Å². The number of carbonyl (C=O) groups excluding carboxylic acids is 1. The molecule has 0 amide bonds. The van der Waals surface area contributed by atoms with E-state index < -0.39 is 27.7 Å². The van der Waals surface area contributed by atoms with E-state index in [1.807, 2.05) is 61.5 Å². The number of aryl methyl sites for hydroxylation is 1. The van der Waals surface area contributed by atoms with Crippen LogP contribution >= 0.6 is 0 Å². The lowest BCUT2D eigenvalue weighted by molar-refractivity contribution is -0.136. The van der Waals surface area contributed by atoms with E-state index in [4.69, 9.17) is 9.15 Å². The van der Waals surface area contributed by atoms with Crippen LogP contribution in [-0.4, -0.2) is 25.4 Å². The molecule has 0 spiro atoms. The number of rotatable bonds is 8. The minimum atomic E-state index is -4.07. The van der Waals surface area contributed by atoms with Crippen LogP contribution in [0.2, 0.25) is 0 Å². The highest BCUT2D eigenvalue weighted by Crippen LogP contribution is 2.30. The van der Waals surface area contributed by atoms with E-state index >= 15 is 0 Å². The number of hydrogen-bond donors (Lipinski definition) is 2. The number of benzene rings is 4. The average molecular weight is 579 g/mol. The minimum absolute atomic E-state index is 0.0331. The van der Waals surface area contributed by atoms with Crippen molar-refractivity contribution in [3.8, 4) is 16.9 Å². The van der Waals surface area contributed by atoms with Crippen molar-refractivity contribution in [3.05, 3.63) is 131 Å². The maximum Gasteiger partial charge on any atom is 0.336 e. The van der Waals surface area contributed by atoms with Crippen LogP contribution in [0.25, 0.3) is 33.0 Å². The Labute approximate surface area is 241 Å². The number of carbonyl (C=O) groups is 1. The SMILES string of the molecule is Cc1ccc(S(=O)(=O)N[C@H](Cc2c[nH]c3ccccc23)C(=O)Oc2ccc3c(-c4ccccc4)cc(=O)oc3c2)cc1. The minimum Gasteiger partial charge on any atom is -0.425 e. The number of hydrogen-bond acceptors (Lipinski definition) is 6. The van der Waals surface area contributed by atoms with Gasteiger partial charge in [0.2, 0.25) is 10.0 Å². The third-order valence-electron chi connectivity index (χ3n) is 7.03. The zero-order valence-electron chi connectivity index (χ0n) is 22.5. The molecule has 42 heavy (non-hydrogen) atoms. The molecule has 0 saturated heterocycles. The molecule has 2 N–H and O–H groups in total. The Balaban J connectivity index is 1.33. The molecule has 0 unspecified atom stereocenters. The van der Waals surface area contributed by atoms with Crippen LogP contribution in [-0.2, 0) is 21.2 Å². The van der Waals surface area contributed by atoms with Gasteiger partial charge < -0.3 is 14.1 Å². The van der Waals surface area contributed by atoms with Gasteiger partial charge in [0.1, 0.15) is 17.4 Å². The summed E-state index contributed by atoms with van der Waals surface area (Å²) in [6, 6.07) is 28.2. The van der Waals surface area contributed by atoms with Crippen molar-refractivity contribution >= 4 is 37.9 Å². The van der Waals surface area contributed by atoms with Crippen LogP contribution in [0, 0.1) is 6.92 Å². The zero-order valence-corrected chi connectivity index (χ0v) is 23.4. The van der Waals surface area contributed by atoms with Gasteiger partial charge in [-0.25, -0.2) is 18.0 Å². The molecule has 2 aromatic heterocycles. The van der Waals surface area contributed by atoms with Gasteiger partial charge in [0, 0.05) is 41.0 Å². The van der Waals surface area contributed by atoms with Crippen LogP contribution in [0.1, 0.15) is 11.1 Å². The summed E-state index contributed by atoms with van der Waals surface area (Å²) in [6.07, 6.45) is 1.79. The van der Waals surface area contributed by atoms with Crippen LogP contribution < -0.4 is 15.1 Å². The summed E-state index contributed by atoms with van der Waals surface area (Å²) in [5.41, 5.74) is 3.72. The molecule has 6 aromatic rings.